The quantitative estimate of drug-likeness (QED) is 0.694. The number of thioether (sulfide) groups is 1. The van der Waals surface area contributed by atoms with E-state index in [2.05, 4.69) is 4.57 Å². The van der Waals surface area contributed by atoms with Crippen LogP contribution in [0.2, 0.25) is 0 Å². The van der Waals surface area contributed by atoms with Crippen molar-refractivity contribution >= 4 is 34.9 Å². The summed E-state index contributed by atoms with van der Waals surface area (Å²) in [4.78, 5) is 41.0. The van der Waals surface area contributed by atoms with Crippen molar-refractivity contribution in [3.8, 4) is 5.69 Å². The zero-order chi connectivity index (χ0) is 21.3. The Labute approximate surface area is 180 Å². The molecule has 0 saturated carbocycles. The molecular weight excluding hydrogens is 398 g/mol. The van der Waals surface area contributed by atoms with Crippen LogP contribution in [0, 0.1) is 13.8 Å². The Hall–Kier alpha value is -2.80. The first-order valence-electron chi connectivity index (χ1n) is 10.2. The minimum atomic E-state index is -0.389. The van der Waals surface area contributed by atoms with Gasteiger partial charge in [-0.15, -0.1) is 0 Å². The molecule has 3 heterocycles. The normalized spacial score (nSPS) is 18.5. The largest absolute Gasteiger partial charge is 0.341 e. The molecule has 2 aliphatic rings. The molecule has 6 nitrogen and oxygen atoms in total. The van der Waals surface area contributed by atoms with Crippen molar-refractivity contribution in [2.75, 3.05) is 19.6 Å². The SMILES string of the molecule is Cc1cc(/C=C2/SC(=O)N(CC(=O)N3CCCCC3)C2=O)c(C)n1-c1ccccc1. The summed E-state index contributed by atoms with van der Waals surface area (Å²) in [5.74, 6) is -0.541. The van der Waals surface area contributed by atoms with Gasteiger partial charge in [0.15, 0.2) is 0 Å². The summed E-state index contributed by atoms with van der Waals surface area (Å²) in [6.45, 7) is 5.24. The molecule has 1 aromatic carbocycles. The van der Waals surface area contributed by atoms with Crippen molar-refractivity contribution in [1.82, 2.24) is 14.4 Å². The van der Waals surface area contributed by atoms with Gasteiger partial charge in [0.25, 0.3) is 11.1 Å². The molecule has 0 bridgehead atoms. The van der Waals surface area contributed by atoms with Gasteiger partial charge in [-0.2, -0.15) is 0 Å². The molecule has 2 aliphatic heterocycles. The summed E-state index contributed by atoms with van der Waals surface area (Å²) in [6, 6.07) is 12.0. The van der Waals surface area contributed by atoms with E-state index in [4.69, 9.17) is 0 Å². The predicted molar refractivity (Wildman–Crippen MR) is 118 cm³/mol. The maximum atomic E-state index is 12.9. The number of hydrogen-bond acceptors (Lipinski definition) is 4. The van der Waals surface area contributed by atoms with Gasteiger partial charge in [0.05, 0.1) is 4.91 Å². The average molecular weight is 424 g/mol. The van der Waals surface area contributed by atoms with Crippen molar-refractivity contribution in [2.24, 2.45) is 0 Å². The maximum Gasteiger partial charge on any atom is 0.294 e. The predicted octanol–water partition coefficient (Wildman–Crippen LogP) is 4.14. The van der Waals surface area contributed by atoms with E-state index < -0.39 is 0 Å². The number of carbonyl (C=O) groups is 3. The molecule has 30 heavy (non-hydrogen) atoms. The summed E-state index contributed by atoms with van der Waals surface area (Å²) < 4.78 is 2.12. The molecule has 2 aromatic rings. The Morgan fingerprint density at radius 2 is 1.77 bits per heavy atom. The van der Waals surface area contributed by atoms with Gasteiger partial charge in [-0.25, -0.2) is 0 Å². The first-order valence-corrected chi connectivity index (χ1v) is 11.0. The first kappa shape index (κ1) is 20.5. The minimum absolute atomic E-state index is 0.152. The second-order valence-electron chi connectivity index (χ2n) is 7.71. The van der Waals surface area contributed by atoms with Crippen LogP contribution in [0.4, 0.5) is 4.79 Å². The number of amides is 3. The van der Waals surface area contributed by atoms with Gasteiger partial charge in [-0.3, -0.25) is 19.3 Å². The topological polar surface area (TPSA) is 62.6 Å². The number of likely N-dealkylation sites (tertiary alicyclic amines) is 1. The molecule has 0 atom stereocenters. The standard InChI is InChI=1S/C23H25N3O3S/c1-16-13-18(17(2)26(16)19-9-5-3-6-10-19)14-20-22(28)25(23(29)30-20)15-21(27)24-11-7-4-8-12-24/h3,5-6,9-10,13-14H,4,7-8,11-12,15H2,1-2H3/b20-14+. The van der Waals surface area contributed by atoms with Gasteiger partial charge in [0.1, 0.15) is 6.54 Å². The van der Waals surface area contributed by atoms with E-state index in [-0.39, 0.29) is 23.6 Å². The van der Waals surface area contributed by atoms with Gasteiger partial charge >= 0.3 is 0 Å². The van der Waals surface area contributed by atoms with Gasteiger partial charge < -0.3 is 9.47 Å². The molecule has 0 aliphatic carbocycles. The number of imide groups is 1. The summed E-state index contributed by atoms with van der Waals surface area (Å²) in [5.41, 5.74) is 3.98. The monoisotopic (exact) mass is 423 g/mol. The Balaban J connectivity index is 1.54. The van der Waals surface area contributed by atoms with Crippen LogP contribution in [0.3, 0.4) is 0 Å². The molecule has 2 saturated heterocycles. The van der Waals surface area contributed by atoms with E-state index in [0.717, 1.165) is 58.6 Å². The highest BCUT2D eigenvalue weighted by molar-refractivity contribution is 8.18. The molecule has 0 unspecified atom stereocenters. The zero-order valence-corrected chi connectivity index (χ0v) is 18.1. The molecule has 7 heteroatoms. The van der Waals surface area contributed by atoms with Crippen LogP contribution in [-0.2, 0) is 9.59 Å². The lowest BCUT2D eigenvalue weighted by atomic mass is 10.1. The average Bonchev–Trinajstić information content (AvgIpc) is 3.18. The number of nitrogens with zero attached hydrogens (tertiary/aromatic N) is 3. The van der Waals surface area contributed by atoms with Gasteiger partial charge in [-0.05, 0) is 74.7 Å². The number of aryl methyl sites for hydroxylation is 1. The molecule has 156 valence electrons. The van der Waals surface area contributed by atoms with Crippen molar-refractivity contribution in [3.05, 3.63) is 58.3 Å². The summed E-state index contributed by atoms with van der Waals surface area (Å²) in [7, 11) is 0. The third-order valence-electron chi connectivity index (χ3n) is 5.65. The van der Waals surface area contributed by atoms with E-state index in [1.807, 2.05) is 50.2 Å². The van der Waals surface area contributed by atoms with Crippen LogP contribution in [0.15, 0.2) is 41.3 Å². The van der Waals surface area contributed by atoms with Crippen LogP contribution in [0.1, 0.15) is 36.2 Å². The maximum absolute atomic E-state index is 12.9. The van der Waals surface area contributed by atoms with Crippen LogP contribution in [-0.4, -0.2) is 51.1 Å². The fraction of sp³-hybridized carbons (Fsp3) is 0.348. The summed E-state index contributed by atoms with van der Waals surface area (Å²) in [5, 5.41) is -0.381. The second-order valence-corrected chi connectivity index (χ2v) is 8.70. The lowest BCUT2D eigenvalue weighted by Crippen LogP contribution is -2.44. The first-order chi connectivity index (χ1) is 14.5. The van der Waals surface area contributed by atoms with Crippen molar-refractivity contribution in [3.63, 3.8) is 0 Å². The molecule has 0 radical (unpaired) electrons. The number of carbonyl (C=O) groups excluding carboxylic acids is 3. The van der Waals surface area contributed by atoms with Crippen LogP contribution in [0.5, 0.6) is 0 Å². The van der Waals surface area contributed by atoms with Crippen LogP contribution >= 0.6 is 11.8 Å². The van der Waals surface area contributed by atoms with Gasteiger partial charge in [0, 0.05) is 30.2 Å². The minimum Gasteiger partial charge on any atom is -0.341 e. The van der Waals surface area contributed by atoms with Crippen molar-refractivity contribution in [1.29, 1.82) is 0 Å². The van der Waals surface area contributed by atoms with Crippen LogP contribution < -0.4 is 0 Å². The number of piperidine rings is 1. The fourth-order valence-electron chi connectivity index (χ4n) is 4.06. The van der Waals surface area contributed by atoms with E-state index >= 15 is 0 Å². The van der Waals surface area contributed by atoms with E-state index in [9.17, 15) is 14.4 Å². The van der Waals surface area contributed by atoms with Gasteiger partial charge in [-0.1, -0.05) is 18.2 Å². The Morgan fingerprint density at radius 3 is 2.47 bits per heavy atom. The van der Waals surface area contributed by atoms with E-state index in [0.29, 0.717) is 18.0 Å². The number of para-hydroxylation sites is 1. The third kappa shape index (κ3) is 3.94. The number of rotatable bonds is 4. The molecular formula is C23H25N3O3S. The molecule has 2 fully saturated rings. The molecule has 4 rings (SSSR count). The molecule has 3 amide bonds. The number of benzene rings is 1. The fourth-order valence-corrected chi connectivity index (χ4v) is 4.89. The lowest BCUT2D eigenvalue weighted by Gasteiger charge is -2.27. The number of aromatic nitrogens is 1. The smallest absolute Gasteiger partial charge is 0.294 e. The van der Waals surface area contributed by atoms with Crippen molar-refractivity contribution in [2.45, 2.75) is 33.1 Å². The highest BCUT2D eigenvalue weighted by Gasteiger charge is 2.37. The van der Waals surface area contributed by atoms with E-state index in [1.165, 1.54) is 0 Å². The molecule has 0 spiro atoms. The Morgan fingerprint density at radius 1 is 1.07 bits per heavy atom. The van der Waals surface area contributed by atoms with Crippen LogP contribution in [0.25, 0.3) is 11.8 Å². The molecule has 1 aromatic heterocycles. The summed E-state index contributed by atoms with van der Waals surface area (Å²) >= 11 is 0.903. The second kappa shape index (κ2) is 8.52. The van der Waals surface area contributed by atoms with E-state index in [1.54, 1.807) is 11.0 Å². The highest BCUT2D eigenvalue weighted by atomic mass is 32.2. The van der Waals surface area contributed by atoms with Crippen molar-refractivity contribution < 1.29 is 14.4 Å². The Kier molecular flexibility index (Phi) is 5.81. The lowest BCUT2D eigenvalue weighted by molar-refractivity contribution is -0.136. The zero-order valence-electron chi connectivity index (χ0n) is 17.3. The summed E-state index contributed by atoms with van der Waals surface area (Å²) in [6.07, 6.45) is 4.84. The Bertz CT molecular complexity index is 1020. The highest BCUT2D eigenvalue weighted by Crippen LogP contribution is 2.33. The van der Waals surface area contributed by atoms with Gasteiger partial charge in [0.2, 0.25) is 5.91 Å². The number of hydrogen-bond donors (Lipinski definition) is 0. The third-order valence-corrected chi connectivity index (χ3v) is 6.55. The molecule has 0 N–H and O–H groups in total.